The predicted octanol–water partition coefficient (Wildman–Crippen LogP) is 2.06. The number of piperidine rings is 1. The standard InChI is InChI=1S/C11H13ClN2O/c12-11(15)9-3-6-14(7-4-9)10-2-1-5-13-8-10/h1-2,5,8-9H,3-4,6-7H2. The highest BCUT2D eigenvalue weighted by atomic mass is 35.5. The Morgan fingerprint density at radius 2 is 2.20 bits per heavy atom. The van der Waals surface area contributed by atoms with Crippen LogP contribution in [0.5, 0.6) is 0 Å². The Balaban J connectivity index is 1.97. The number of hydrogen-bond acceptors (Lipinski definition) is 3. The molecule has 1 aromatic heterocycles. The third-order valence-electron chi connectivity index (χ3n) is 2.83. The third kappa shape index (κ3) is 2.48. The summed E-state index contributed by atoms with van der Waals surface area (Å²) in [6.45, 7) is 1.77. The number of anilines is 1. The zero-order chi connectivity index (χ0) is 10.7. The maximum absolute atomic E-state index is 11.0. The lowest BCUT2D eigenvalue weighted by Gasteiger charge is -2.31. The number of hydrogen-bond donors (Lipinski definition) is 0. The van der Waals surface area contributed by atoms with Gasteiger partial charge < -0.3 is 4.90 Å². The van der Waals surface area contributed by atoms with Gasteiger partial charge in [0.05, 0.1) is 11.9 Å². The molecule has 0 aliphatic carbocycles. The van der Waals surface area contributed by atoms with Crippen LogP contribution in [0.15, 0.2) is 24.5 Å². The van der Waals surface area contributed by atoms with Crippen LogP contribution < -0.4 is 4.90 Å². The zero-order valence-electron chi connectivity index (χ0n) is 8.40. The first-order valence-corrected chi connectivity index (χ1v) is 5.49. The molecule has 2 rings (SSSR count). The van der Waals surface area contributed by atoms with Crippen LogP contribution in [0, 0.1) is 5.92 Å². The molecule has 2 heterocycles. The summed E-state index contributed by atoms with van der Waals surface area (Å²) < 4.78 is 0. The van der Waals surface area contributed by atoms with Gasteiger partial charge in [0.15, 0.2) is 0 Å². The van der Waals surface area contributed by atoms with Gasteiger partial charge in [-0.15, -0.1) is 0 Å². The van der Waals surface area contributed by atoms with Crippen molar-refractivity contribution in [3.05, 3.63) is 24.5 Å². The second-order valence-corrected chi connectivity index (χ2v) is 4.15. The molecule has 1 aliphatic rings. The average Bonchev–Trinajstić information content (AvgIpc) is 2.30. The van der Waals surface area contributed by atoms with Crippen molar-refractivity contribution in [2.24, 2.45) is 5.92 Å². The van der Waals surface area contributed by atoms with E-state index in [4.69, 9.17) is 11.6 Å². The predicted molar refractivity (Wildman–Crippen MR) is 60.0 cm³/mol. The molecule has 1 aliphatic heterocycles. The molecule has 80 valence electrons. The van der Waals surface area contributed by atoms with Gasteiger partial charge in [-0.3, -0.25) is 9.78 Å². The molecule has 0 radical (unpaired) electrons. The maximum atomic E-state index is 11.0. The summed E-state index contributed by atoms with van der Waals surface area (Å²) in [5.41, 5.74) is 1.12. The minimum atomic E-state index is -0.194. The number of nitrogens with zero attached hydrogens (tertiary/aromatic N) is 2. The van der Waals surface area contributed by atoms with Gasteiger partial charge in [-0.2, -0.15) is 0 Å². The number of rotatable bonds is 2. The van der Waals surface area contributed by atoms with Crippen LogP contribution in [0.3, 0.4) is 0 Å². The van der Waals surface area contributed by atoms with Crippen LogP contribution in [-0.2, 0) is 4.79 Å². The van der Waals surface area contributed by atoms with E-state index in [0.717, 1.165) is 31.6 Å². The Bertz CT molecular complexity index is 334. The highest BCUT2D eigenvalue weighted by Crippen LogP contribution is 2.23. The molecular formula is C11H13ClN2O. The van der Waals surface area contributed by atoms with Crippen molar-refractivity contribution in [2.45, 2.75) is 12.8 Å². The van der Waals surface area contributed by atoms with Gasteiger partial charge in [-0.25, -0.2) is 0 Å². The van der Waals surface area contributed by atoms with E-state index in [2.05, 4.69) is 9.88 Å². The second kappa shape index (κ2) is 4.62. The molecule has 1 saturated heterocycles. The molecule has 15 heavy (non-hydrogen) atoms. The number of carbonyl (C=O) groups excluding carboxylic acids is 1. The summed E-state index contributed by atoms with van der Waals surface area (Å²) in [4.78, 5) is 17.3. The summed E-state index contributed by atoms with van der Waals surface area (Å²) in [7, 11) is 0. The molecule has 1 aromatic rings. The Hall–Kier alpha value is -1.09. The zero-order valence-corrected chi connectivity index (χ0v) is 9.15. The Morgan fingerprint density at radius 3 is 2.73 bits per heavy atom. The highest BCUT2D eigenvalue weighted by molar-refractivity contribution is 6.64. The topological polar surface area (TPSA) is 33.2 Å². The molecule has 0 amide bonds. The lowest BCUT2D eigenvalue weighted by Crippen LogP contribution is -2.35. The number of aromatic nitrogens is 1. The Kier molecular flexibility index (Phi) is 3.21. The van der Waals surface area contributed by atoms with E-state index in [1.54, 1.807) is 6.20 Å². The van der Waals surface area contributed by atoms with Crippen molar-refractivity contribution < 1.29 is 4.79 Å². The second-order valence-electron chi connectivity index (χ2n) is 3.78. The summed E-state index contributed by atoms with van der Waals surface area (Å²) in [6.07, 6.45) is 5.30. The van der Waals surface area contributed by atoms with Crippen molar-refractivity contribution in [1.29, 1.82) is 0 Å². The summed E-state index contributed by atoms with van der Waals surface area (Å²) in [5, 5.41) is -0.194. The minimum absolute atomic E-state index is 0.0413. The maximum Gasteiger partial charge on any atom is 0.224 e. The quantitative estimate of drug-likeness (QED) is 0.721. The third-order valence-corrected chi connectivity index (χ3v) is 3.14. The van der Waals surface area contributed by atoms with Gasteiger partial charge in [0.1, 0.15) is 0 Å². The molecule has 4 heteroatoms. The van der Waals surface area contributed by atoms with E-state index in [9.17, 15) is 4.79 Å². The van der Waals surface area contributed by atoms with Crippen LogP contribution in [0.2, 0.25) is 0 Å². The van der Waals surface area contributed by atoms with E-state index in [1.807, 2.05) is 18.3 Å². The molecule has 0 saturated carbocycles. The van der Waals surface area contributed by atoms with Gasteiger partial charge in [-0.05, 0) is 36.6 Å². The van der Waals surface area contributed by atoms with Gasteiger partial charge in [0.2, 0.25) is 5.24 Å². The first kappa shape index (κ1) is 10.4. The number of pyridine rings is 1. The Labute approximate surface area is 94.1 Å². The van der Waals surface area contributed by atoms with Crippen LogP contribution in [0.25, 0.3) is 0 Å². The van der Waals surface area contributed by atoms with E-state index in [0.29, 0.717) is 0 Å². The van der Waals surface area contributed by atoms with Crippen LogP contribution >= 0.6 is 11.6 Å². The monoisotopic (exact) mass is 224 g/mol. The van der Waals surface area contributed by atoms with Crippen molar-refractivity contribution in [1.82, 2.24) is 4.98 Å². The molecule has 0 bridgehead atoms. The summed E-state index contributed by atoms with van der Waals surface area (Å²) in [5.74, 6) is 0.0413. The smallest absolute Gasteiger partial charge is 0.224 e. The Morgan fingerprint density at radius 1 is 1.47 bits per heavy atom. The highest BCUT2D eigenvalue weighted by Gasteiger charge is 2.23. The van der Waals surface area contributed by atoms with Crippen molar-refractivity contribution in [3.63, 3.8) is 0 Å². The van der Waals surface area contributed by atoms with E-state index in [1.165, 1.54) is 0 Å². The lowest BCUT2D eigenvalue weighted by atomic mass is 9.98. The minimum Gasteiger partial charge on any atom is -0.370 e. The molecule has 3 nitrogen and oxygen atoms in total. The molecular weight excluding hydrogens is 212 g/mol. The van der Waals surface area contributed by atoms with Crippen LogP contribution in [-0.4, -0.2) is 23.3 Å². The van der Waals surface area contributed by atoms with Crippen molar-refractivity contribution in [3.8, 4) is 0 Å². The lowest BCUT2D eigenvalue weighted by molar-refractivity contribution is -0.115. The van der Waals surface area contributed by atoms with Gasteiger partial charge in [-0.1, -0.05) is 0 Å². The first-order valence-electron chi connectivity index (χ1n) is 5.11. The van der Waals surface area contributed by atoms with Gasteiger partial charge in [0, 0.05) is 25.2 Å². The molecule has 0 aromatic carbocycles. The fraction of sp³-hybridized carbons (Fsp3) is 0.455. The number of halogens is 1. The van der Waals surface area contributed by atoms with Gasteiger partial charge in [0.25, 0.3) is 0 Å². The van der Waals surface area contributed by atoms with Crippen molar-refractivity contribution >= 4 is 22.5 Å². The molecule has 0 spiro atoms. The average molecular weight is 225 g/mol. The molecule has 0 unspecified atom stereocenters. The van der Waals surface area contributed by atoms with Gasteiger partial charge >= 0.3 is 0 Å². The fourth-order valence-corrected chi connectivity index (χ4v) is 2.12. The molecule has 1 fully saturated rings. The van der Waals surface area contributed by atoms with Crippen molar-refractivity contribution in [2.75, 3.05) is 18.0 Å². The first-order chi connectivity index (χ1) is 7.27. The SMILES string of the molecule is O=C(Cl)C1CCN(c2cccnc2)CC1. The largest absolute Gasteiger partial charge is 0.370 e. The normalized spacial score (nSPS) is 17.8. The molecule has 0 N–H and O–H groups in total. The fourth-order valence-electron chi connectivity index (χ4n) is 1.91. The molecule has 0 atom stereocenters. The number of carbonyl (C=O) groups is 1. The summed E-state index contributed by atoms with van der Waals surface area (Å²) >= 11 is 5.48. The van der Waals surface area contributed by atoms with E-state index >= 15 is 0 Å². The summed E-state index contributed by atoms with van der Waals surface area (Å²) in [6, 6.07) is 3.96. The van der Waals surface area contributed by atoms with Crippen LogP contribution in [0.4, 0.5) is 5.69 Å². The van der Waals surface area contributed by atoms with Crippen LogP contribution in [0.1, 0.15) is 12.8 Å². The van der Waals surface area contributed by atoms with E-state index < -0.39 is 0 Å². The van der Waals surface area contributed by atoms with E-state index in [-0.39, 0.29) is 11.2 Å².